The molecule has 1 aliphatic heterocycles. The second kappa shape index (κ2) is 6.34. The van der Waals surface area contributed by atoms with Gasteiger partial charge >= 0.3 is 12.3 Å². The SMILES string of the molecule is Cc1cccc2c1C(=O)N(C(CCOC(=O)O)OC(=O)O)C2=O. The van der Waals surface area contributed by atoms with Gasteiger partial charge in [0.15, 0.2) is 6.23 Å². The molecule has 0 radical (unpaired) electrons. The summed E-state index contributed by atoms with van der Waals surface area (Å²) in [4.78, 5) is 46.6. The first kappa shape index (κ1) is 16.3. The van der Waals surface area contributed by atoms with Crippen LogP contribution in [0.2, 0.25) is 0 Å². The minimum Gasteiger partial charge on any atom is -0.450 e. The molecule has 122 valence electrons. The average Bonchev–Trinajstić information content (AvgIpc) is 2.70. The summed E-state index contributed by atoms with van der Waals surface area (Å²) in [6, 6.07) is 4.70. The number of carbonyl (C=O) groups excluding carboxylic acids is 2. The second-order valence-electron chi connectivity index (χ2n) is 4.72. The Morgan fingerprint density at radius 2 is 1.87 bits per heavy atom. The third-order valence-electron chi connectivity index (χ3n) is 3.27. The molecule has 1 heterocycles. The van der Waals surface area contributed by atoms with E-state index in [0.29, 0.717) is 10.5 Å². The summed E-state index contributed by atoms with van der Waals surface area (Å²) >= 11 is 0. The van der Waals surface area contributed by atoms with E-state index in [4.69, 9.17) is 10.2 Å². The van der Waals surface area contributed by atoms with E-state index in [9.17, 15) is 19.2 Å². The summed E-state index contributed by atoms with van der Waals surface area (Å²) < 4.78 is 8.84. The lowest BCUT2D eigenvalue weighted by Crippen LogP contribution is -2.43. The molecule has 0 bridgehead atoms. The van der Waals surface area contributed by atoms with Crippen LogP contribution in [0.4, 0.5) is 9.59 Å². The van der Waals surface area contributed by atoms with E-state index in [-0.39, 0.29) is 17.5 Å². The number of hydrogen-bond acceptors (Lipinski definition) is 6. The monoisotopic (exact) mass is 323 g/mol. The van der Waals surface area contributed by atoms with Crippen LogP contribution in [0.1, 0.15) is 32.7 Å². The highest BCUT2D eigenvalue weighted by Gasteiger charge is 2.42. The third kappa shape index (κ3) is 3.23. The predicted molar refractivity (Wildman–Crippen MR) is 73.2 cm³/mol. The van der Waals surface area contributed by atoms with Crippen LogP contribution >= 0.6 is 0 Å². The maximum absolute atomic E-state index is 12.4. The number of benzene rings is 1. The van der Waals surface area contributed by atoms with Crippen molar-refractivity contribution in [2.45, 2.75) is 19.6 Å². The van der Waals surface area contributed by atoms with E-state index in [1.165, 1.54) is 6.07 Å². The summed E-state index contributed by atoms with van der Waals surface area (Å²) in [7, 11) is 0. The Balaban J connectivity index is 2.27. The smallest absolute Gasteiger partial charge is 0.450 e. The number of imide groups is 1. The number of fused-ring (bicyclic) bond motifs is 1. The van der Waals surface area contributed by atoms with E-state index >= 15 is 0 Å². The van der Waals surface area contributed by atoms with E-state index < -0.39 is 37.0 Å². The molecule has 23 heavy (non-hydrogen) atoms. The molecule has 0 aliphatic carbocycles. The van der Waals surface area contributed by atoms with Gasteiger partial charge < -0.3 is 19.7 Å². The molecule has 1 aromatic carbocycles. The molecule has 9 nitrogen and oxygen atoms in total. The average molecular weight is 323 g/mol. The van der Waals surface area contributed by atoms with Crippen molar-refractivity contribution in [1.29, 1.82) is 0 Å². The zero-order valence-corrected chi connectivity index (χ0v) is 12.0. The van der Waals surface area contributed by atoms with Gasteiger partial charge in [-0.1, -0.05) is 12.1 Å². The summed E-state index contributed by atoms with van der Waals surface area (Å²) in [5.74, 6) is -1.39. The Kier molecular flexibility index (Phi) is 4.49. The maximum Gasteiger partial charge on any atom is 0.507 e. The first-order chi connectivity index (χ1) is 10.8. The number of aryl methyl sites for hydroxylation is 1. The van der Waals surface area contributed by atoms with Crippen molar-refractivity contribution in [1.82, 2.24) is 4.90 Å². The highest BCUT2D eigenvalue weighted by atomic mass is 16.7. The number of hydrogen-bond donors (Lipinski definition) is 2. The summed E-state index contributed by atoms with van der Waals surface area (Å²) in [5.41, 5.74) is 0.892. The zero-order chi connectivity index (χ0) is 17.1. The molecule has 2 amide bonds. The van der Waals surface area contributed by atoms with Gasteiger partial charge in [-0.15, -0.1) is 0 Å². The highest BCUT2D eigenvalue weighted by Crippen LogP contribution is 2.28. The molecule has 2 rings (SSSR count). The maximum atomic E-state index is 12.4. The predicted octanol–water partition coefficient (Wildman–Crippen LogP) is 1.70. The number of carbonyl (C=O) groups is 4. The molecular weight excluding hydrogens is 310 g/mol. The number of carboxylic acid groups (broad SMARTS) is 2. The Hall–Kier alpha value is -3.10. The number of rotatable bonds is 5. The normalized spacial score (nSPS) is 14.4. The highest BCUT2D eigenvalue weighted by molar-refractivity contribution is 6.22. The molecule has 1 aromatic rings. The molecule has 0 spiro atoms. The molecular formula is C14H13NO8. The van der Waals surface area contributed by atoms with Crippen LogP contribution in [0.25, 0.3) is 0 Å². The minimum absolute atomic E-state index is 0.146. The van der Waals surface area contributed by atoms with Gasteiger partial charge in [-0.3, -0.25) is 9.59 Å². The van der Waals surface area contributed by atoms with Gasteiger partial charge in [-0.05, 0) is 18.6 Å². The van der Waals surface area contributed by atoms with Gasteiger partial charge in [0.05, 0.1) is 11.1 Å². The lowest BCUT2D eigenvalue weighted by molar-refractivity contribution is -0.0266. The fraction of sp³-hybridized carbons (Fsp3) is 0.286. The Morgan fingerprint density at radius 1 is 1.17 bits per heavy atom. The molecule has 0 saturated carbocycles. The summed E-state index contributed by atoms with van der Waals surface area (Å²) in [5, 5.41) is 17.2. The van der Waals surface area contributed by atoms with E-state index in [0.717, 1.165) is 0 Å². The van der Waals surface area contributed by atoms with E-state index in [1.54, 1.807) is 19.1 Å². The van der Waals surface area contributed by atoms with Crippen molar-refractivity contribution in [3.05, 3.63) is 34.9 Å². The lowest BCUT2D eigenvalue weighted by Gasteiger charge is -2.24. The molecule has 1 unspecified atom stereocenters. The van der Waals surface area contributed by atoms with Crippen LogP contribution in [0.3, 0.4) is 0 Å². The molecule has 2 N–H and O–H groups in total. The standard InChI is InChI=1S/C14H13NO8/c1-7-3-2-4-8-10(7)12(17)15(11(8)16)9(23-14(20)21)5-6-22-13(18)19/h2-4,9H,5-6H2,1H3,(H,18,19)(H,20,21). The van der Waals surface area contributed by atoms with Gasteiger partial charge in [-0.2, -0.15) is 0 Å². The van der Waals surface area contributed by atoms with Crippen molar-refractivity contribution in [3.8, 4) is 0 Å². The summed E-state index contributed by atoms with van der Waals surface area (Å²) in [6.45, 7) is 1.22. The second-order valence-corrected chi connectivity index (χ2v) is 4.72. The van der Waals surface area contributed by atoms with Crippen LogP contribution in [-0.2, 0) is 9.47 Å². The van der Waals surface area contributed by atoms with Crippen LogP contribution in [0.15, 0.2) is 18.2 Å². The first-order valence-electron chi connectivity index (χ1n) is 6.55. The number of nitrogens with zero attached hydrogens (tertiary/aromatic N) is 1. The van der Waals surface area contributed by atoms with Crippen molar-refractivity contribution < 1.29 is 38.9 Å². The largest absolute Gasteiger partial charge is 0.507 e. The topological polar surface area (TPSA) is 130 Å². The van der Waals surface area contributed by atoms with Gasteiger partial charge in [0.2, 0.25) is 0 Å². The van der Waals surface area contributed by atoms with E-state index in [2.05, 4.69) is 9.47 Å². The van der Waals surface area contributed by atoms with Crippen LogP contribution in [0, 0.1) is 6.92 Å². The quantitative estimate of drug-likeness (QED) is 0.618. The van der Waals surface area contributed by atoms with Crippen molar-refractivity contribution in [3.63, 3.8) is 0 Å². The Morgan fingerprint density at radius 3 is 2.43 bits per heavy atom. The van der Waals surface area contributed by atoms with Crippen molar-refractivity contribution >= 4 is 24.1 Å². The summed E-state index contributed by atoms with van der Waals surface area (Å²) in [6.07, 6.45) is -5.03. The van der Waals surface area contributed by atoms with Gasteiger partial charge in [0.1, 0.15) is 6.61 Å². The van der Waals surface area contributed by atoms with Crippen LogP contribution in [0.5, 0.6) is 0 Å². The van der Waals surface area contributed by atoms with E-state index in [1.807, 2.05) is 0 Å². The fourth-order valence-corrected chi connectivity index (χ4v) is 2.34. The van der Waals surface area contributed by atoms with Gasteiger partial charge in [0.25, 0.3) is 11.8 Å². The Bertz CT molecular complexity index is 683. The van der Waals surface area contributed by atoms with Crippen LogP contribution in [-0.4, -0.2) is 52.1 Å². The third-order valence-corrected chi connectivity index (χ3v) is 3.27. The van der Waals surface area contributed by atoms with Gasteiger partial charge in [0, 0.05) is 6.42 Å². The minimum atomic E-state index is -1.70. The van der Waals surface area contributed by atoms with Crippen LogP contribution < -0.4 is 0 Å². The number of ether oxygens (including phenoxy) is 2. The lowest BCUT2D eigenvalue weighted by atomic mass is 10.0. The fourth-order valence-electron chi connectivity index (χ4n) is 2.34. The Labute approximate surface area is 130 Å². The molecule has 1 aliphatic rings. The first-order valence-corrected chi connectivity index (χ1v) is 6.55. The zero-order valence-electron chi connectivity index (χ0n) is 12.0. The molecule has 1 atom stereocenters. The molecule has 0 fully saturated rings. The molecule has 0 saturated heterocycles. The van der Waals surface area contributed by atoms with Crippen molar-refractivity contribution in [2.24, 2.45) is 0 Å². The molecule has 9 heteroatoms. The molecule has 0 aromatic heterocycles. The van der Waals surface area contributed by atoms with Gasteiger partial charge in [-0.25, -0.2) is 14.5 Å². The number of amides is 2. The van der Waals surface area contributed by atoms with Crippen molar-refractivity contribution in [2.75, 3.05) is 6.61 Å².